The number of carbonyl (C=O) groups is 2. The fraction of sp³-hybridized carbons (Fsp3) is 0.385. The van der Waals surface area contributed by atoms with Gasteiger partial charge in [0.2, 0.25) is 0 Å². The summed E-state index contributed by atoms with van der Waals surface area (Å²) < 4.78 is 9.62. The molecule has 0 aromatic rings. The van der Waals surface area contributed by atoms with Crippen molar-refractivity contribution in [2.75, 3.05) is 13.2 Å². The van der Waals surface area contributed by atoms with Crippen molar-refractivity contribution in [1.82, 2.24) is 0 Å². The topological polar surface area (TPSA) is 52.6 Å². The SMILES string of the molecule is C=C/C=C\C(=C)C(C(=O)OCC)C(=O)OCC. The third-order valence-corrected chi connectivity index (χ3v) is 1.86. The summed E-state index contributed by atoms with van der Waals surface area (Å²) in [6, 6.07) is 0. The third-order valence-electron chi connectivity index (χ3n) is 1.86. The van der Waals surface area contributed by atoms with Crippen LogP contribution in [0.5, 0.6) is 0 Å². The van der Waals surface area contributed by atoms with Gasteiger partial charge in [0, 0.05) is 0 Å². The first kappa shape index (κ1) is 15.2. The number of ether oxygens (including phenoxy) is 2. The average Bonchev–Trinajstić information content (AvgIpc) is 2.27. The first-order valence-electron chi connectivity index (χ1n) is 5.39. The van der Waals surface area contributed by atoms with E-state index >= 15 is 0 Å². The van der Waals surface area contributed by atoms with E-state index in [1.54, 1.807) is 19.9 Å². The second-order valence-electron chi connectivity index (χ2n) is 3.11. The molecule has 4 nitrogen and oxygen atoms in total. The quantitative estimate of drug-likeness (QED) is 0.387. The van der Waals surface area contributed by atoms with E-state index in [-0.39, 0.29) is 13.2 Å². The van der Waals surface area contributed by atoms with Gasteiger partial charge in [-0.15, -0.1) is 0 Å². The third kappa shape index (κ3) is 5.15. The van der Waals surface area contributed by atoms with Crippen molar-refractivity contribution in [2.45, 2.75) is 13.8 Å². The summed E-state index contributed by atoms with van der Waals surface area (Å²) in [4.78, 5) is 23.2. The number of hydrogen-bond acceptors (Lipinski definition) is 4. The van der Waals surface area contributed by atoms with Crippen LogP contribution in [0, 0.1) is 5.92 Å². The monoisotopic (exact) mass is 238 g/mol. The fourth-order valence-corrected chi connectivity index (χ4v) is 1.14. The lowest BCUT2D eigenvalue weighted by Crippen LogP contribution is -2.29. The van der Waals surface area contributed by atoms with Crippen molar-refractivity contribution >= 4 is 11.9 Å². The van der Waals surface area contributed by atoms with Gasteiger partial charge in [0.1, 0.15) is 0 Å². The van der Waals surface area contributed by atoms with Crippen molar-refractivity contribution in [2.24, 2.45) is 5.92 Å². The van der Waals surface area contributed by atoms with Crippen LogP contribution >= 0.6 is 0 Å². The van der Waals surface area contributed by atoms with E-state index in [0.717, 1.165) is 0 Å². The Morgan fingerprint density at radius 3 is 2.00 bits per heavy atom. The molecule has 0 saturated heterocycles. The highest BCUT2D eigenvalue weighted by Crippen LogP contribution is 2.15. The van der Waals surface area contributed by atoms with Crippen LogP contribution < -0.4 is 0 Å². The van der Waals surface area contributed by atoms with Crippen LogP contribution in [0.25, 0.3) is 0 Å². The van der Waals surface area contributed by atoms with Gasteiger partial charge in [-0.05, 0) is 19.4 Å². The predicted molar refractivity (Wildman–Crippen MR) is 65.2 cm³/mol. The molecule has 0 rings (SSSR count). The molecule has 0 aliphatic heterocycles. The number of esters is 2. The molecule has 0 aliphatic rings. The largest absolute Gasteiger partial charge is 0.465 e. The number of hydrogen-bond donors (Lipinski definition) is 0. The number of rotatable bonds is 7. The lowest BCUT2D eigenvalue weighted by Gasteiger charge is -2.14. The van der Waals surface area contributed by atoms with Crippen LogP contribution in [0.1, 0.15) is 13.8 Å². The molecular weight excluding hydrogens is 220 g/mol. The van der Waals surface area contributed by atoms with E-state index < -0.39 is 17.9 Å². The molecule has 0 aromatic heterocycles. The molecule has 0 saturated carbocycles. The maximum atomic E-state index is 11.6. The zero-order chi connectivity index (χ0) is 13.3. The predicted octanol–water partition coefficient (Wildman–Crippen LogP) is 2.03. The zero-order valence-corrected chi connectivity index (χ0v) is 10.3. The summed E-state index contributed by atoms with van der Waals surface area (Å²) in [5.41, 5.74) is 0.321. The molecule has 4 heteroatoms. The van der Waals surface area contributed by atoms with Crippen molar-refractivity contribution < 1.29 is 19.1 Å². The summed E-state index contributed by atoms with van der Waals surface area (Å²) in [5.74, 6) is -2.40. The Kier molecular flexibility index (Phi) is 7.43. The molecule has 0 amide bonds. The maximum absolute atomic E-state index is 11.6. The fourth-order valence-electron chi connectivity index (χ4n) is 1.14. The second kappa shape index (κ2) is 8.33. The Hall–Kier alpha value is -1.84. The smallest absolute Gasteiger partial charge is 0.324 e. The minimum atomic E-state index is -1.11. The zero-order valence-electron chi connectivity index (χ0n) is 10.3. The molecule has 0 atom stereocenters. The highest BCUT2D eigenvalue weighted by Gasteiger charge is 2.30. The normalized spacial score (nSPS) is 10.3. The Labute approximate surface area is 102 Å². The molecule has 0 fully saturated rings. The van der Waals surface area contributed by atoms with Crippen molar-refractivity contribution in [3.05, 3.63) is 37.0 Å². The minimum absolute atomic E-state index is 0.202. The number of carbonyl (C=O) groups excluding carboxylic acids is 2. The van der Waals surface area contributed by atoms with Crippen LogP contribution in [0.2, 0.25) is 0 Å². The molecule has 0 aromatic carbocycles. The average molecular weight is 238 g/mol. The van der Waals surface area contributed by atoms with Crippen LogP contribution in [0.3, 0.4) is 0 Å². The Bertz CT molecular complexity index is 310. The van der Waals surface area contributed by atoms with Crippen LogP contribution in [-0.2, 0) is 19.1 Å². The van der Waals surface area contributed by atoms with Gasteiger partial charge in [-0.2, -0.15) is 0 Å². The van der Waals surface area contributed by atoms with Gasteiger partial charge < -0.3 is 9.47 Å². The molecule has 0 radical (unpaired) electrons. The second-order valence-corrected chi connectivity index (χ2v) is 3.11. The van der Waals surface area contributed by atoms with E-state index in [1.807, 2.05) is 0 Å². The van der Waals surface area contributed by atoms with Gasteiger partial charge in [0.15, 0.2) is 5.92 Å². The molecule has 0 bridgehead atoms. The first-order chi connectivity index (χ1) is 8.08. The van der Waals surface area contributed by atoms with E-state index in [2.05, 4.69) is 13.2 Å². The summed E-state index contributed by atoms with van der Waals surface area (Å²) in [6.45, 7) is 10.9. The van der Waals surface area contributed by atoms with E-state index in [1.165, 1.54) is 12.2 Å². The highest BCUT2D eigenvalue weighted by atomic mass is 16.6. The highest BCUT2D eigenvalue weighted by molar-refractivity contribution is 5.98. The molecule has 94 valence electrons. The van der Waals surface area contributed by atoms with Crippen molar-refractivity contribution in [3.8, 4) is 0 Å². The van der Waals surface area contributed by atoms with Crippen molar-refractivity contribution in [3.63, 3.8) is 0 Å². The van der Waals surface area contributed by atoms with Gasteiger partial charge in [-0.3, -0.25) is 9.59 Å². The molecule has 0 aliphatic carbocycles. The lowest BCUT2D eigenvalue weighted by molar-refractivity contribution is -0.159. The Morgan fingerprint density at radius 1 is 1.18 bits per heavy atom. The van der Waals surface area contributed by atoms with E-state index in [4.69, 9.17) is 9.47 Å². The molecule has 0 heterocycles. The van der Waals surface area contributed by atoms with E-state index in [9.17, 15) is 9.59 Å². The lowest BCUT2D eigenvalue weighted by atomic mass is 10.0. The van der Waals surface area contributed by atoms with Gasteiger partial charge in [-0.1, -0.05) is 31.4 Å². The molecule has 0 spiro atoms. The van der Waals surface area contributed by atoms with Gasteiger partial charge in [-0.25, -0.2) is 0 Å². The standard InChI is InChI=1S/C13H18O4/c1-5-8-9-10(4)11(12(14)16-6-2)13(15)17-7-3/h5,8-9,11H,1,4,6-7H2,2-3H3/b9-8-. The Balaban J connectivity index is 4.89. The first-order valence-corrected chi connectivity index (χ1v) is 5.39. The van der Waals surface area contributed by atoms with Crippen molar-refractivity contribution in [1.29, 1.82) is 0 Å². The molecular formula is C13H18O4. The summed E-state index contributed by atoms with van der Waals surface area (Å²) in [5, 5.41) is 0. The molecule has 0 N–H and O–H groups in total. The molecule has 0 unspecified atom stereocenters. The van der Waals surface area contributed by atoms with Gasteiger partial charge in [0.05, 0.1) is 13.2 Å². The van der Waals surface area contributed by atoms with Gasteiger partial charge in [0.25, 0.3) is 0 Å². The Morgan fingerprint density at radius 2 is 1.65 bits per heavy atom. The van der Waals surface area contributed by atoms with Crippen LogP contribution in [0.4, 0.5) is 0 Å². The van der Waals surface area contributed by atoms with E-state index in [0.29, 0.717) is 5.57 Å². The minimum Gasteiger partial charge on any atom is -0.465 e. The summed E-state index contributed by atoms with van der Waals surface area (Å²) >= 11 is 0. The summed E-state index contributed by atoms with van der Waals surface area (Å²) in [7, 11) is 0. The van der Waals surface area contributed by atoms with Crippen LogP contribution in [-0.4, -0.2) is 25.2 Å². The summed E-state index contributed by atoms with van der Waals surface area (Å²) in [6.07, 6.45) is 4.65. The van der Waals surface area contributed by atoms with Gasteiger partial charge >= 0.3 is 11.9 Å². The molecule has 17 heavy (non-hydrogen) atoms. The van der Waals surface area contributed by atoms with Crippen LogP contribution in [0.15, 0.2) is 37.0 Å². The maximum Gasteiger partial charge on any atom is 0.324 e. The number of allylic oxidation sites excluding steroid dienone is 3.